The zero-order valence-electron chi connectivity index (χ0n) is 19.5. The molecule has 2 aliphatic carbocycles. The van der Waals surface area contributed by atoms with Crippen LogP contribution >= 0.6 is 0 Å². The number of anilines is 2. The summed E-state index contributed by atoms with van der Waals surface area (Å²) in [6.45, 7) is 0. The van der Waals surface area contributed by atoms with Crippen molar-refractivity contribution in [2.45, 2.75) is 37.2 Å². The van der Waals surface area contributed by atoms with E-state index in [1.54, 1.807) is 0 Å². The van der Waals surface area contributed by atoms with Gasteiger partial charge in [-0.15, -0.1) is 0 Å². The summed E-state index contributed by atoms with van der Waals surface area (Å²) < 4.78 is 57.2. The Morgan fingerprint density at radius 3 is 1.81 bits per heavy atom. The number of rotatable bonds is 9. The van der Waals surface area contributed by atoms with Crippen molar-refractivity contribution in [2.75, 3.05) is 10.6 Å². The molecule has 5 nitrogen and oxygen atoms in total. The van der Waals surface area contributed by atoms with E-state index in [0.717, 1.165) is 17.2 Å². The van der Waals surface area contributed by atoms with Gasteiger partial charge in [0.25, 0.3) is 0 Å². The molecule has 0 spiro atoms. The van der Waals surface area contributed by atoms with Crippen LogP contribution in [0.4, 0.5) is 28.9 Å². The molecule has 0 aliphatic heterocycles. The predicted molar refractivity (Wildman–Crippen MR) is 130 cm³/mol. The van der Waals surface area contributed by atoms with Gasteiger partial charge in [-0.3, -0.25) is 9.59 Å². The molecule has 2 fully saturated rings. The lowest BCUT2D eigenvalue weighted by Gasteiger charge is -2.20. The molecule has 2 amide bonds. The van der Waals surface area contributed by atoms with E-state index in [9.17, 15) is 27.2 Å². The minimum Gasteiger partial charge on any atom is -0.426 e. The van der Waals surface area contributed by atoms with Crippen molar-refractivity contribution >= 4 is 23.2 Å². The first-order chi connectivity index (χ1) is 17.7. The van der Waals surface area contributed by atoms with Gasteiger partial charge in [0.1, 0.15) is 5.75 Å². The summed E-state index contributed by atoms with van der Waals surface area (Å²) >= 11 is 0. The average molecular weight is 513 g/mol. The number of hydrogen-bond donors (Lipinski definition) is 2. The Bertz CT molecular complexity index is 1290. The Labute approximate surface area is 210 Å². The van der Waals surface area contributed by atoms with E-state index in [0.29, 0.717) is 12.8 Å². The van der Waals surface area contributed by atoms with Crippen molar-refractivity contribution in [3.63, 3.8) is 0 Å². The van der Waals surface area contributed by atoms with Gasteiger partial charge in [0, 0.05) is 17.5 Å². The summed E-state index contributed by atoms with van der Waals surface area (Å²) in [7, 11) is 0. The summed E-state index contributed by atoms with van der Waals surface area (Å²) in [6.07, 6.45) is -7.58. The molecule has 4 unspecified atom stereocenters. The van der Waals surface area contributed by atoms with E-state index >= 15 is 0 Å². The maximum atomic E-state index is 13.7. The molecule has 3 aromatic rings. The van der Waals surface area contributed by atoms with Crippen molar-refractivity contribution in [1.29, 1.82) is 0 Å². The molecule has 0 bridgehead atoms. The standard InChI is InChI=1S/C28H24F4N2O3/c29-27(30)28(31,32)37-24-12-11-18(33-25(35)21-14-19(21)16-7-3-1-4-8-16)13-23(24)34-26(36)22-15-20(22)17-9-5-2-6-10-17/h1-13,19-22,27H,14-15H2,(H,33,35)(H,34,36). The highest BCUT2D eigenvalue weighted by molar-refractivity contribution is 5.99. The Hall–Kier alpha value is -3.88. The Kier molecular flexibility index (Phi) is 6.62. The molecule has 2 N–H and O–H groups in total. The predicted octanol–water partition coefficient (Wildman–Crippen LogP) is 6.41. The van der Waals surface area contributed by atoms with Crippen LogP contribution in [0.25, 0.3) is 0 Å². The van der Waals surface area contributed by atoms with Crippen LogP contribution < -0.4 is 15.4 Å². The van der Waals surface area contributed by atoms with E-state index in [1.807, 2.05) is 60.7 Å². The zero-order valence-corrected chi connectivity index (χ0v) is 19.5. The first-order valence-electron chi connectivity index (χ1n) is 11.9. The first kappa shape index (κ1) is 24.8. The maximum absolute atomic E-state index is 13.7. The van der Waals surface area contributed by atoms with Crippen molar-refractivity contribution in [1.82, 2.24) is 0 Å². The van der Waals surface area contributed by atoms with Crippen molar-refractivity contribution in [3.05, 3.63) is 90.0 Å². The third kappa shape index (κ3) is 5.60. The molecule has 0 radical (unpaired) electrons. The second kappa shape index (κ2) is 9.88. The van der Waals surface area contributed by atoms with Gasteiger partial charge >= 0.3 is 12.5 Å². The molecule has 2 aliphatic rings. The number of nitrogens with one attached hydrogen (secondary N) is 2. The van der Waals surface area contributed by atoms with Crippen molar-refractivity contribution in [3.8, 4) is 5.75 Å². The fraction of sp³-hybridized carbons (Fsp3) is 0.286. The lowest BCUT2D eigenvalue weighted by Crippen LogP contribution is -2.33. The van der Waals surface area contributed by atoms with Crippen LogP contribution in [0, 0.1) is 11.8 Å². The molecule has 0 saturated heterocycles. The Morgan fingerprint density at radius 1 is 0.784 bits per heavy atom. The highest BCUT2D eigenvalue weighted by Crippen LogP contribution is 2.49. The van der Waals surface area contributed by atoms with Crippen LogP contribution in [0.1, 0.15) is 35.8 Å². The van der Waals surface area contributed by atoms with Gasteiger partial charge in [0.2, 0.25) is 11.8 Å². The third-order valence-electron chi connectivity index (χ3n) is 6.71. The number of amides is 2. The monoisotopic (exact) mass is 512 g/mol. The van der Waals surface area contributed by atoms with Gasteiger partial charge in [0.15, 0.2) is 0 Å². The van der Waals surface area contributed by atoms with Crippen LogP contribution in [0.5, 0.6) is 5.75 Å². The normalized spacial score (nSPS) is 22.3. The first-order valence-corrected chi connectivity index (χ1v) is 11.9. The number of hydrogen-bond acceptors (Lipinski definition) is 3. The number of benzene rings is 3. The summed E-state index contributed by atoms with van der Waals surface area (Å²) in [4.78, 5) is 25.6. The molecular weight excluding hydrogens is 488 g/mol. The van der Waals surface area contributed by atoms with Gasteiger partial charge in [-0.1, -0.05) is 60.7 Å². The van der Waals surface area contributed by atoms with E-state index in [-0.39, 0.29) is 35.0 Å². The quantitative estimate of drug-likeness (QED) is 0.326. The lowest BCUT2D eigenvalue weighted by molar-refractivity contribution is -0.252. The molecule has 0 heterocycles. The maximum Gasteiger partial charge on any atom is 0.461 e. The van der Waals surface area contributed by atoms with Gasteiger partial charge in [-0.05, 0) is 54.0 Å². The van der Waals surface area contributed by atoms with Crippen LogP contribution in [0.15, 0.2) is 78.9 Å². The summed E-state index contributed by atoms with van der Waals surface area (Å²) in [5.41, 5.74) is 2.02. The minimum absolute atomic E-state index is 0.0271. The van der Waals surface area contributed by atoms with Crippen molar-refractivity contribution in [2.24, 2.45) is 11.8 Å². The van der Waals surface area contributed by atoms with Gasteiger partial charge in [-0.25, -0.2) is 0 Å². The van der Waals surface area contributed by atoms with E-state index in [2.05, 4.69) is 15.4 Å². The summed E-state index contributed by atoms with van der Waals surface area (Å²) in [6, 6.07) is 22.5. The molecule has 0 aromatic heterocycles. The molecule has 37 heavy (non-hydrogen) atoms. The second-order valence-corrected chi connectivity index (χ2v) is 9.37. The Balaban J connectivity index is 1.31. The lowest BCUT2D eigenvalue weighted by atomic mass is 10.1. The van der Waals surface area contributed by atoms with E-state index in [4.69, 9.17) is 0 Å². The van der Waals surface area contributed by atoms with Gasteiger partial charge in [0.05, 0.1) is 5.69 Å². The highest BCUT2D eigenvalue weighted by atomic mass is 19.3. The Morgan fingerprint density at radius 2 is 1.30 bits per heavy atom. The molecule has 192 valence electrons. The number of halogens is 4. The van der Waals surface area contributed by atoms with Crippen LogP contribution in [0.3, 0.4) is 0 Å². The van der Waals surface area contributed by atoms with E-state index < -0.39 is 30.1 Å². The fourth-order valence-electron chi connectivity index (χ4n) is 4.55. The smallest absolute Gasteiger partial charge is 0.426 e. The molecule has 9 heteroatoms. The average Bonchev–Trinajstić information content (AvgIpc) is 3.80. The van der Waals surface area contributed by atoms with Gasteiger partial charge < -0.3 is 15.4 Å². The number of alkyl halides is 4. The van der Waals surface area contributed by atoms with Crippen molar-refractivity contribution < 1.29 is 31.9 Å². The largest absolute Gasteiger partial charge is 0.461 e. The molecule has 3 aromatic carbocycles. The molecule has 4 atom stereocenters. The number of carbonyl (C=O) groups excluding carboxylic acids is 2. The fourth-order valence-corrected chi connectivity index (χ4v) is 4.55. The van der Waals surface area contributed by atoms with Crippen LogP contribution in [-0.4, -0.2) is 24.3 Å². The second-order valence-electron chi connectivity index (χ2n) is 9.37. The summed E-state index contributed by atoms with van der Waals surface area (Å²) in [5, 5.41) is 5.26. The molecule has 2 saturated carbocycles. The third-order valence-corrected chi connectivity index (χ3v) is 6.71. The number of ether oxygens (including phenoxy) is 1. The SMILES string of the molecule is O=C(Nc1ccc(OC(F)(F)C(F)F)c(NC(=O)C2CC2c2ccccc2)c1)C1CC1c1ccccc1. The summed E-state index contributed by atoms with van der Waals surface area (Å²) in [5.74, 6) is -1.93. The van der Waals surface area contributed by atoms with Crippen LogP contribution in [-0.2, 0) is 9.59 Å². The van der Waals surface area contributed by atoms with Crippen LogP contribution in [0.2, 0.25) is 0 Å². The van der Waals surface area contributed by atoms with Gasteiger partial charge in [-0.2, -0.15) is 17.6 Å². The molecular formula is C28H24F4N2O3. The number of carbonyl (C=O) groups is 2. The highest BCUT2D eigenvalue weighted by Gasteiger charge is 2.46. The van der Waals surface area contributed by atoms with E-state index in [1.165, 1.54) is 12.1 Å². The minimum atomic E-state index is -4.76. The molecule has 5 rings (SSSR count). The zero-order chi connectivity index (χ0) is 26.2. The topological polar surface area (TPSA) is 67.4 Å².